The molecular weight excluding hydrogens is 258 g/mol. The Morgan fingerprint density at radius 2 is 2.05 bits per heavy atom. The molecule has 0 saturated heterocycles. The predicted octanol–water partition coefficient (Wildman–Crippen LogP) is 3.18. The fraction of sp³-hybridized carbons (Fsp3) is 0.154. The zero-order chi connectivity index (χ0) is 13.2. The van der Waals surface area contributed by atoms with Crippen LogP contribution in [0.25, 0.3) is 10.2 Å². The lowest BCUT2D eigenvalue weighted by Gasteiger charge is -2.06. The molecule has 19 heavy (non-hydrogen) atoms. The number of anilines is 3. The molecule has 0 atom stereocenters. The quantitative estimate of drug-likeness (QED) is 0.766. The maximum absolute atomic E-state index is 4.30. The first kappa shape index (κ1) is 11.9. The minimum atomic E-state index is 0.813. The first-order chi connectivity index (χ1) is 9.26. The molecule has 2 N–H and O–H groups in total. The van der Waals surface area contributed by atoms with Crippen molar-refractivity contribution in [2.24, 2.45) is 0 Å². The molecule has 3 aromatic rings. The third-order valence-electron chi connectivity index (χ3n) is 2.73. The fourth-order valence-electron chi connectivity index (χ4n) is 1.83. The molecule has 0 aliphatic rings. The fourth-order valence-corrected chi connectivity index (χ4v) is 2.68. The van der Waals surface area contributed by atoms with E-state index in [9.17, 15) is 0 Å². The average molecular weight is 271 g/mol. The van der Waals surface area contributed by atoms with E-state index in [1.807, 2.05) is 19.2 Å². The van der Waals surface area contributed by atoms with Gasteiger partial charge in [0.05, 0.1) is 17.3 Å². The molecule has 3 heterocycles. The zero-order valence-corrected chi connectivity index (χ0v) is 11.5. The van der Waals surface area contributed by atoms with Gasteiger partial charge < -0.3 is 10.6 Å². The van der Waals surface area contributed by atoms with Crippen LogP contribution in [-0.2, 0) is 0 Å². The van der Waals surface area contributed by atoms with E-state index < -0.39 is 0 Å². The Morgan fingerprint density at radius 1 is 1.16 bits per heavy atom. The van der Waals surface area contributed by atoms with Crippen LogP contribution in [0.5, 0.6) is 0 Å². The van der Waals surface area contributed by atoms with E-state index in [0.29, 0.717) is 0 Å². The van der Waals surface area contributed by atoms with E-state index in [1.165, 1.54) is 4.88 Å². The van der Waals surface area contributed by atoms with Gasteiger partial charge in [0, 0.05) is 11.9 Å². The zero-order valence-electron chi connectivity index (χ0n) is 10.6. The number of nitrogens with one attached hydrogen (secondary N) is 2. The molecular formula is C13H13N5S. The number of thiophene rings is 1. The lowest BCUT2D eigenvalue weighted by atomic mass is 10.3. The van der Waals surface area contributed by atoms with Crippen molar-refractivity contribution in [2.45, 2.75) is 6.92 Å². The van der Waals surface area contributed by atoms with Crippen LogP contribution >= 0.6 is 11.3 Å². The number of aryl methyl sites for hydroxylation is 1. The number of rotatable bonds is 3. The molecule has 0 fully saturated rings. The van der Waals surface area contributed by atoms with Gasteiger partial charge in [-0.3, -0.25) is 0 Å². The van der Waals surface area contributed by atoms with Crippen molar-refractivity contribution < 1.29 is 0 Å². The van der Waals surface area contributed by atoms with Crippen LogP contribution in [0.4, 0.5) is 17.3 Å². The highest BCUT2D eigenvalue weighted by molar-refractivity contribution is 7.18. The second kappa shape index (κ2) is 4.81. The van der Waals surface area contributed by atoms with Crippen LogP contribution in [0.3, 0.4) is 0 Å². The Hall–Kier alpha value is -2.21. The van der Waals surface area contributed by atoms with E-state index in [2.05, 4.69) is 38.6 Å². The number of fused-ring (bicyclic) bond motifs is 1. The van der Waals surface area contributed by atoms with Gasteiger partial charge >= 0.3 is 0 Å². The molecule has 0 radical (unpaired) electrons. The number of hydrogen-bond donors (Lipinski definition) is 2. The molecule has 3 aromatic heterocycles. The first-order valence-corrected chi connectivity index (χ1v) is 6.70. The van der Waals surface area contributed by atoms with Gasteiger partial charge in [-0.2, -0.15) is 0 Å². The average Bonchev–Trinajstić information content (AvgIpc) is 2.81. The molecule has 0 unspecified atom stereocenters. The SMILES string of the molecule is CNc1ccc(Nc2ncnc3sc(C)cc23)cn1. The molecule has 5 nitrogen and oxygen atoms in total. The normalized spacial score (nSPS) is 10.6. The van der Waals surface area contributed by atoms with Gasteiger partial charge in [-0.15, -0.1) is 11.3 Å². The van der Waals surface area contributed by atoms with Crippen LogP contribution < -0.4 is 10.6 Å². The van der Waals surface area contributed by atoms with E-state index in [-0.39, 0.29) is 0 Å². The third-order valence-corrected chi connectivity index (χ3v) is 3.69. The molecule has 0 spiro atoms. The summed E-state index contributed by atoms with van der Waals surface area (Å²) in [6.07, 6.45) is 3.36. The van der Waals surface area contributed by atoms with E-state index in [4.69, 9.17) is 0 Å². The first-order valence-electron chi connectivity index (χ1n) is 5.88. The lowest BCUT2D eigenvalue weighted by molar-refractivity contribution is 1.22. The minimum Gasteiger partial charge on any atom is -0.373 e. The van der Waals surface area contributed by atoms with Gasteiger partial charge in [0.2, 0.25) is 0 Å². The summed E-state index contributed by atoms with van der Waals surface area (Å²) in [5, 5.41) is 7.31. The number of nitrogens with zero attached hydrogens (tertiary/aromatic N) is 3. The summed E-state index contributed by atoms with van der Waals surface area (Å²) in [4.78, 5) is 15.1. The van der Waals surface area contributed by atoms with Gasteiger partial charge in [0.15, 0.2) is 0 Å². The van der Waals surface area contributed by atoms with Crippen molar-refractivity contribution in [1.82, 2.24) is 15.0 Å². The Morgan fingerprint density at radius 3 is 2.79 bits per heavy atom. The Labute approximate surface area is 114 Å². The molecule has 0 aliphatic carbocycles. The van der Waals surface area contributed by atoms with Gasteiger partial charge in [0.25, 0.3) is 0 Å². The van der Waals surface area contributed by atoms with Crippen molar-refractivity contribution in [3.8, 4) is 0 Å². The Bertz CT molecular complexity index is 705. The van der Waals surface area contributed by atoms with Crippen LogP contribution in [0, 0.1) is 6.92 Å². The van der Waals surface area contributed by atoms with Crippen molar-refractivity contribution >= 4 is 38.9 Å². The third kappa shape index (κ3) is 2.34. The highest BCUT2D eigenvalue weighted by Crippen LogP contribution is 2.29. The number of pyridine rings is 1. The molecule has 96 valence electrons. The second-order valence-corrected chi connectivity index (χ2v) is 5.34. The monoisotopic (exact) mass is 271 g/mol. The van der Waals surface area contributed by atoms with Crippen LogP contribution in [0.2, 0.25) is 0 Å². The van der Waals surface area contributed by atoms with Crippen molar-refractivity contribution in [3.05, 3.63) is 35.6 Å². The Balaban J connectivity index is 1.95. The Kier molecular flexibility index (Phi) is 3.00. The minimum absolute atomic E-state index is 0.813. The highest BCUT2D eigenvalue weighted by atomic mass is 32.1. The van der Waals surface area contributed by atoms with Crippen LogP contribution in [-0.4, -0.2) is 22.0 Å². The maximum Gasteiger partial charge on any atom is 0.142 e. The largest absolute Gasteiger partial charge is 0.373 e. The van der Waals surface area contributed by atoms with Crippen molar-refractivity contribution in [3.63, 3.8) is 0 Å². The highest BCUT2D eigenvalue weighted by Gasteiger charge is 2.07. The topological polar surface area (TPSA) is 62.7 Å². The van der Waals surface area contributed by atoms with Gasteiger partial charge in [-0.1, -0.05) is 0 Å². The summed E-state index contributed by atoms with van der Waals surface area (Å²) < 4.78 is 0. The molecule has 0 aromatic carbocycles. The van der Waals surface area contributed by atoms with Crippen LogP contribution in [0.15, 0.2) is 30.7 Å². The summed E-state index contributed by atoms with van der Waals surface area (Å²) in [5.41, 5.74) is 0.905. The molecule has 0 saturated carbocycles. The summed E-state index contributed by atoms with van der Waals surface area (Å²) in [5.74, 6) is 1.65. The standard InChI is InChI=1S/C13H13N5S/c1-8-5-10-12(16-7-17-13(10)19-8)18-9-3-4-11(14-2)15-6-9/h3-7H,1-2H3,(H,14,15)(H,16,17,18). The van der Waals surface area contributed by atoms with Gasteiger partial charge in [-0.25, -0.2) is 15.0 Å². The van der Waals surface area contributed by atoms with Gasteiger partial charge in [-0.05, 0) is 25.1 Å². The summed E-state index contributed by atoms with van der Waals surface area (Å²) >= 11 is 1.67. The second-order valence-electron chi connectivity index (χ2n) is 4.11. The molecule has 0 amide bonds. The van der Waals surface area contributed by atoms with E-state index in [0.717, 1.165) is 27.5 Å². The molecule has 0 aliphatic heterocycles. The molecule has 3 rings (SSSR count). The van der Waals surface area contributed by atoms with E-state index >= 15 is 0 Å². The summed E-state index contributed by atoms with van der Waals surface area (Å²) in [6, 6.07) is 5.98. The lowest BCUT2D eigenvalue weighted by Crippen LogP contribution is -1.97. The van der Waals surface area contributed by atoms with E-state index in [1.54, 1.807) is 23.9 Å². The van der Waals surface area contributed by atoms with Crippen LogP contribution in [0.1, 0.15) is 4.88 Å². The van der Waals surface area contributed by atoms with Crippen molar-refractivity contribution in [2.75, 3.05) is 17.7 Å². The number of aromatic nitrogens is 3. The van der Waals surface area contributed by atoms with Crippen molar-refractivity contribution in [1.29, 1.82) is 0 Å². The predicted molar refractivity (Wildman–Crippen MR) is 79.2 cm³/mol. The smallest absolute Gasteiger partial charge is 0.142 e. The van der Waals surface area contributed by atoms with Gasteiger partial charge in [0.1, 0.15) is 22.8 Å². The summed E-state index contributed by atoms with van der Waals surface area (Å²) in [6.45, 7) is 2.07. The molecule has 0 bridgehead atoms. The summed E-state index contributed by atoms with van der Waals surface area (Å²) in [7, 11) is 1.84. The number of hydrogen-bond acceptors (Lipinski definition) is 6. The molecule has 6 heteroatoms. The maximum atomic E-state index is 4.30.